The molecule has 0 spiro atoms. The molecule has 1 aliphatic heterocycles. The first kappa shape index (κ1) is 15.9. The van der Waals surface area contributed by atoms with E-state index in [9.17, 15) is 14.7 Å². The first-order valence-corrected chi connectivity index (χ1v) is 7.48. The number of carbonyl (C=O) groups is 2. The van der Waals surface area contributed by atoms with E-state index < -0.39 is 12.1 Å². The van der Waals surface area contributed by atoms with E-state index in [4.69, 9.17) is 9.47 Å². The number of fused-ring (bicyclic) bond motifs is 1. The molecule has 1 unspecified atom stereocenters. The van der Waals surface area contributed by atoms with Gasteiger partial charge in [-0.2, -0.15) is 0 Å². The van der Waals surface area contributed by atoms with Gasteiger partial charge in [0.25, 0.3) is 5.91 Å². The number of carbonyl (C=O) groups excluding carboxylic acids is 1. The van der Waals surface area contributed by atoms with Gasteiger partial charge >= 0.3 is 5.97 Å². The maximum Gasteiger partial charge on any atom is 0.335 e. The average molecular weight is 327 g/mol. The van der Waals surface area contributed by atoms with Gasteiger partial charge < -0.3 is 19.5 Å². The largest absolute Gasteiger partial charge is 0.497 e. The monoisotopic (exact) mass is 327 g/mol. The van der Waals surface area contributed by atoms with Gasteiger partial charge in [0.1, 0.15) is 11.5 Å². The molecule has 124 valence electrons. The van der Waals surface area contributed by atoms with Gasteiger partial charge in [-0.25, -0.2) is 4.79 Å². The first-order valence-electron chi connectivity index (χ1n) is 7.48. The molecule has 0 bridgehead atoms. The zero-order chi connectivity index (χ0) is 17.3. The number of methoxy groups -OCH3 is 1. The molecule has 6 nitrogen and oxygen atoms in total. The molecular formula is C18H17NO5. The van der Waals surface area contributed by atoms with Crippen LogP contribution < -0.4 is 14.4 Å². The van der Waals surface area contributed by atoms with Gasteiger partial charge in [0, 0.05) is 0 Å². The van der Waals surface area contributed by atoms with E-state index in [-0.39, 0.29) is 11.5 Å². The highest BCUT2D eigenvalue weighted by Gasteiger charge is 2.32. The zero-order valence-electron chi connectivity index (χ0n) is 13.4. The number of hydrogen-bond donors (Lipinski definition) is 1. The van der Waals surface area contributed by atoms with Crippen LogP contribution in [0.4, 0.5) is 5.69 Å². The van der Waals surface area contributed by atoms with E-state index in [0.29, 0.717) is 18.0 Å². The smallest absolute Gasteiger partial charge is 0.335 e. The van der Waals surface area contributed by atoms with Crippen molar-refractivity contribution in [1.82, 2.24) is 0 Å². The molecule has 2 aromatic carbocycles. The van der Waals surface area contributed by atoms with Crippen molar-refractivity contribution in [3.63, 3.8) is 0 Å². The van der Waals surface area contributed by atoms with Crippen molar-refractivity contribution in [3.8, 4) is 11.5 Å². The van der Waals surface area contributed by atoms with Crippen LogP contribution >= 0.6 is 0 Å². The van der Waals surface area contributed by atoms with Crippen LogP contribution in [0.5, 0.6) is 11.5 Å². The minimum atomic E-state index is -1.05. The fraction of sp³-hybridized carbons (Fsp3) is 0.222. The Bertz CT molecular complexity index is 784. The Morgan fingerprint density at radius 3 is 2.58 bits per heavy atom. The molecule has 1 aliphatic rings. The Kier molecular flexibility index (Phi) is 4.12. The van der Waals surface area contributed by atoms with Crippen molar-refractivity contribution in [2.45, 2.75) is 19.6 Å². The van der Waals surface area contributed by atoms with Crippen LogP contribution in [0, 0.1) is 0 Å². The van der Waals surface area contributed by atoms with Gasteiger partial charge in [-0.15, -0.1) is 0 Å². The van der Waals surface area contributed by atoms with Crippen molar-refractivity contribution >= 4 is 17.6 Å². The highest BCUT2D eigenvalue weighted by molar-refractivity contribution is 6.01. The number of ether oxygens (including phenoxy) is 2. The molecule has 0 radical (unpaired) electrons. The highest BCUT2D eigenvalue weighted by atomic mass is 16.5. The van der Waals surface area contributed by atoms with Gasteiger partial charge in [0.2, 0.25) is 0 Å². The Morgan fingerprint density at radius 1 is 1.25 bits per heavy atom. The number of carboxylic acids is 1. The van der Waals surface area contributed by atoms with E-state index in [1.165, 1.54) is 12.1 Å². The van der Waals surface area contributed by atoms with E-state index in [1.807, 2.05) is 24.3 Å². The maximum atomic E-state index is 12.5. The van der Waals surface area contributed by atoms with Crippen LogP contribution in [-0.4, -0.2) is 30.2 Å². The molecule has 1 amide bonds. The highest BCUT2D eigenvalue weighted by Crippen LogP contribution is 2.36. The van der Waals surface area contributed by atoms with E-state index in [2.05, 4.69) is 0 Å². The second-order valence-electron chi connectivity index (χ2n) is 5.52. The first-order chi connectivity index (χ1) is 11.5. The molecule has 0 fully saturated rings. The lowest BCUT2D eigenvalue weighted by Gasteiger charge is -2.33. The molecule has 0 aliphatic carbocycles. The summed E-state index contributed by atoms with van der Waals surface area (Å²) < 4.78 is 10.7. The number of anilines is 1. The topological polar surface area (TPSA) is 76.1 Å². The Labute approximate surface area is 139 Å². The molecular weight excluding hydrogens is 310 g/mol. The summed E-state index contributed by atoms with van der Waals surface area (Å²) in [4.78, 5) is 25.3. The van der Waals surface area contributed by atoms with Crippen LogP contribution in [0.2, 0.25) is 0 Å². The van der Waals surface area contributed by atoms with E-state index >= 15 is 0 Å². The van der Waals surface area contributed by atoms with Crippen molar-refractivity contribution < 1.29 is 24.2 Å². The molecule has 1 heterocycles. The summed E-state index contributed by atoms with van der Waals surface area (Å²) in [5, 5.41) is 9.18. The summed E-state index contributed by atoms with van der Waals surface area (Å²) in [7, 11) is 1.59. The lowest BCUT2D eigenvalue weighted by molar-refractivity contribution is -0.125. The minimum absolute atomic E-state index is 0.111. The lowest BCUT2D eigenvalue weighted by atomic mass is 10.1. The van der Waals surface area contributed by atoms with Crippen molar-refractivity contribution in [2.75, 3.05) is 12.0 Å². The summed E-state index contributed by atoms with van der Waals surface area (Å²) >= 11 is 0. The van der Waals surface area contributed by atoms with Crippen LogP contribution in [0.3, 0.4) is 0 Å². The SMILES string of the molecule is COc1ccc(CN2C(=O)C(C)Oc3ccc(C(=O)O)cc32)cc1. The third kappa shape index (κ3) is 2.90. The molecule has 0 saturated heterocycles. The number of aromatic carboxylic acids is 1. The van der Waals surface area contributed by atoms with Gasteiger partial charge in [-0.05, 0) is 42.8 Å². The van der Waals surface area contributed by atoms with Crippen molar-refractivity contribution in [2.24, 2.45) is 0 Å². The molecule has 24 heavy (non-hydrogen) atoms. The summed E-state index contributed by atoms with van der Waals surface area (Å²) in [6.45, 7) is 2.00. The summed E-state index contributed by atoms with van der Waals surface area (Å²) in [6.07, 6.45) is -0.619. The number of hydrogen-bond acceptors (Lipinski definition) is 4. The number of rotatable bonds is 4. The molecule has 2 aromatic rings. The summed E-state index contributed by atoms with van der Waals surface area (Å²) in [5.41, 5.74) is 1.48. The Hall–Kier alpha value is -3.02. The van der Waals surface area contributed by atoms with Gasteiger partial charge in [-0.1, -0.05) is 12.1 Å². The van der Waals surface area contributed by atoms with Crippen molar-refractivity contribution in [1.29, 1.82) is 0 Å². The third-order valence-corrected chi connectivity index (χ3v) is 3.91. The van der Waals surface area contributed by atoms with Gasteiger partial charge in [0.05, 0.1) is 24.9 Å². The molecule has 6 heteroatoms. The van der Waals surface area contributed by atoms with Crippen LogP contribution in [-0.2, 0) is 11.3 Å². The fourth-order valence-electron chi connectivity index (χ4n) is 2.62. The summed E-state index contributed by atoms with van der Waals surface area (Å²) in [5.74, 6) is -0.0243. The standard InChI is InChI=1S/C18H17NO5/c1-11-17(20)19(10-12-3-6-14(23-2)7-4-12)15-9-13(18(21)22)5-8-16(15)24-11/h3-9,11H,10H2,1-2H3,(H,21,22). The van der Waals surface area contributed by atoms with Gasteiger partial charge in [-0.3, -0.25) is 4.79 Å². The third-order valence-electron chi connectivity index (χ3n) is 3.91. The number of benzene rings is 2. The Morgan fingerprint density at radius 2 is 1.96 bits per heavy atom. The molecule has 1 N–H and O–H groups in total. The van der Waals surface area contributed by atoms with Crippen LogP contribution in [0.25, 0.3) is 0 Å². The minimum Gasteiger partial charge on any atom is -0.497 e. The number of amides is 1. The molecule has 3 rings (SSSR count). The summed E-state index contributed by atoms with van der Waals surface area (Å²) in [6, 6.07) is 11.9. The molecule has 0 aromatic heterocycles. The van der Waals surface area contributed by atoms with E-state index in [1.54, 1.807) is 25.0 Å². The predicted octanol–water partition coefficient (Wildman–Crippen LogP) is 2.71. The molecule has 1 atom stereocenters. The quantitative estimate of drug-likeness (QED) is 0.934. The average Bonchev–Trinajstić information content (AvgIpc) is 2.59. The zero-order valence-corrected chi connectivity index (χ0v) is 13.4. The fourth-order valence-corrected chi connectivity index (χ4v) is 2.62. The van der Waals surface area contributed by atoms with Crippen LogP contribution in [0.1, 0.15) is 22.8 Å². The Balaban J connectivity index is 1.97. The number of nitrogens with zero attached hydrogens (tertiary/aromatic N) is 1. The normalized spacial score (nSPS) is 16.3. The lowest BCUT2D eigenvalue weighted by Crippen LogP contribution is -2.44. The number of carboxylic acid groups (broad SMARTS) is 1. The maximum absolute atomic E-state index is 12.5. The van der Waals surface area contributed by atoms with Crippen molar-refractivity contribution in [3.05, 3.63) is 53.6 Å². The van der Waals surface area contributed by atoms with Gasteiger partial charge in [0.15, 0.2) is 6.10 Å². The molecule has 0 saturated carbocycles. The van der Waals surface area contributed by atoms with Crippen LogP contribution in [0.15, 0.2) is 42.5 Å². The predicted molar refractivity (Wildman–Crippen MR) is 87.7 cm³/mol. The second kappa shape index (κ2) is 6.23. The van der Waals surface area contributed by atoms with E-state index in [0.717, 1.165) is 11.3 Å². The second-order valence-corrected chi connectivity index (χ2v) is 5.52.